The summed E-state index contributed by atoms with van der Waals surface area (Å²) in [6, 6.07) is 0. The van der Waals surface area contributed by atoms with Gasteiger partial charge in [-0.2, -0.15) is 0 Å². The largest absolute Gasteiger partial charge is 0.395 e. The van der Waals surface area contributed by atoms with E-state index in [1.807, 2.05) is 46.7 Å². The molecule has 0 heterocycles. The van der Waals surface area contributed by atoms with Gasteiger partial charge >= 0.3 is 0 Å². The predicted molar refractivity (Wildman–Crippen MR) is 81.3 cm³/mol. The molecule has 0 radical (unpaired) electrons. The van der Waals surface area contributed by atoms with Crippen LogP contribution in [0, 0.1) is 11.8 Å². The van der Waals surface area contributed by atoms with Crippen molar-refractivity contribution in [3.8, 4) is 0 Å². The van der Waals surface area contributed by atoms with Crippen LogP contribution in [0.25, 0.3) is 0 Å². The summed E-state index contributed by atoms with van der Waals surface area (Å²) in [5, 5.41) is 13.7. The van der Waals surface area contributed by atoms with Crippen LogP contribution in [-0.4, -0.2) is 62.2 Å². The zero-order valence-electron chi connectivity index (χ0n) is 13.7. The highest BCUT2D eigenvalue weighted by Crippen LogP contribution is 1.89. The standard InChI is InChI=1S/C8H18N2O.C6H13NO2/c1-7(2)8(11)9-5-6-10(3)4;1-5(2)6(9)7-3-4-8/h7H,5-6H2,1-4H3,(H,9,11);5,8H,3-4H2,1-2H3,(H,7,9). The quantitative estimate of drug-likeness (QED) is 0.619. The summed E-state index contributed by atoms with van der Waals surface area (Å²) >= 11 is 0. The highest BCUT2D eigenvalue weighted by atomic mass is 16.3. The van der Waals surface area contributed by atoms with E-state index in [0.717, 1.165) is 13.1 Å². The first-order valence-electron chi connectivity index (χ1n) is 7.03. The molecule has 0 rings (SSSR count). The second kappa shape index (κ2) is 12.9. The number of aliphatic hydroxyl groups is 1. The third-order valence-electron chi connectivity index (χ3n) is 2.32. The lowest BCUT2D eigenvalue weighted by Crippen LogP contribution is -2.33. The van der Waals surface area contributed by atoms with Crippen LogP contribution in [0.1, 0.15) is 27.7 Å². The number of nitrogens with one attached hydrogen (secondary N) is 2. The lowest BCUT2D eigenvalue weighted by molar-refractivity contribution is -0.124. The lowest BCUT2D eigenvalue weighted by Gasteiger charge is -2.11. The molecular weight excluding hydrogens is 258 g/mol. The molecule has 2 amide bonds. The number of nitrogens with zero attached hydrogens (tertiary/aromatic N) is 1. The van der Waals surface area contributed by atoms with Gasteiger partial charge in [-0.3, -0.25) is 9.59 Å². The van der Waals surface area contributed by atoms with E-state index >= 15 is 0 Å². The van der Waals surface area contributed by atoms with E-state index in [1.165, 1.54) is 0 Å². The minimum atomic E-state index is -0.0101. The number of rotatable bonds is 7. The molecule has 0 aromatic rings. The first kappa shape index (κ1) is 21.2. The zero-order chi connectivity index (χ0) is 16.1. The molecular formula is C14H31N3O3. The summed E-state index contributed by atoms with van der Waals surface area (Å²) in [4.78, 5) is 23.7. The van der Waals surface area contributed by atoms with Crippen LogP contribution >= 0.6 is 0 Å². The number of hydrogen-bond donors (Lipinski definition) is 3. The van der Waals surface area contributed by atoms with Crippen molar-refractivity contribution in [1.82, 2.24) is 15.5 Å². The fourth-order valence-corrected chi connectivity index (χ4v) is 0.990. The molecule has 0 aliphatic heterocycles. The van der Waals surface area contributed by atoms with E-state index in [2.05, 4.69) is 10.6 Å². The summed E-state index contributed by atoms with van der Waals surface area (Å²) in [7, 11) is 3.98. The summed E-state index contributed by atoms with van der Waals surface area (Å²) in [6.07, 6.45) is 0. The van der Waals surface area contributed by atoms with Crippen molar-refractivity contribution in [2.45, 2.75) is 27.7 Å². The SMILES string of the molecule is CC(C)C(=O)NCCN(C)C.CC(C)C(=O)NCCO. The van der Waals surface area contributed by atoms with Gasteiger partial charge in [0.2, 0.25) is 11.8 Å². The monoisotopic (exact) mass is 289 g/mol. The van der Waals surface area contributed by atoms with Crippen LogP contribution < -0.4 is 10.6 Å². The van der Waals surface area contributed by atoms with E-state index in [1.54, 1.807) is 0 Å². The van der Waals surface area contributed by atoms with Crippen LogP contribution in [-0.2, 0) is 9.59 Å². The Kier molecular flexibility index (Phi) is 13.6. The highest BCUT2D eigenvalue weighted by molar-refractivity contribution is 5.78. The van der Waals surface area contributed by atoms with Crippen molar-refractivity contribution >= 4 is 11.8 Å². The third kappa shape index (κ3) is 14.9. The van der Waals surface area contributed by atoms with Gasteiger partial charge in [0.25, 0.3) is 0 Å². The molecule has 0 atom stereocenters. The fourth-order valence-electron chi connectivity index (χ4n) is 0.990. The Balaban J connectivity index is 0. The fraction of sp³-hybridized carbons (Fsp3) is 0.857. The van der Waals surface area contributed by atoms with Gasteiger partial charge < -0.3 is 20.6 Å². The second-order valence-electron chi connectivity index (χ2n) is 5.42. The minimum Gasteiger partial charge on any atom is -0.395 e. The van der Waals surface area contributed by atoms with Gasteiger partial charge in [-0.15, -0.1) is 0 Å². The van der Waals surface area contributed by atoms with Crippen LogP contribution in [0.3, 0.4) is 0 Å². The van der Waals surface area contributed by atoms with Gasteiger partial charge in [0.15, 0.2) is 0 Å². The topological polar surface area (TPSA) is 81.7 Å². The second-order valence-corrected chi connectivity index (χ2v) is 5.42. The number of hydrogen-bond acceptors (Lipinski definition) is 4. The Morgan fingerprint density at radius 1 is 0.950 bits per heavy atom. The average Bonchev–Trinajstić information content (AvgIpc) is 2.35. The molecule has 0 aliphatic carbocycles. The van der Waals surface area contributed by atoms with Gasteiger partial charge in [-0.1, -0.05) is 27.7 Å². The summed E-state index contributed by atoms with van der Waals surface area (Å²) < 4.78 is 0. The van der Waals surface area contributed by atoms with Crippen molar-refractivity contribution in [1.29, 1.82) is 0 Å². The molecule has 0 bridgehead atoms. The number of likely N-dealkylation sites (N-methyl/N-ethyl adjacent to an activating group) is 1. The Bertz CT molecular complexity index is 266. The van der Waals surface area contributed by atoms with Gasteiger partial charge in [-0.05, 0) is 14.1 Å². The van der Waals surface area contributed by atoms with Gasteiger partial charge in [-0.25, -0.2) is 0 Å². The van der Waals surface area contributed by atoms with Crippen LogP contribution in [0.15, 0.2) is 0 Å². The number of carbonyl (C=O) groups excluding carboxylic acids is 2. The van der Waals surface area contributed by atoms with E-state index in [-0.39, 0.29) is 30.3 Å². The maximum Gasteiger partial charge on any atom is 0.222 e. The van der Waals surface area contributed by atoms with Crippen LogP contribution in [0.4, 0.5) is 0 Å². The average molecular weight is 289 g/mol. The van der Waals surface area contributed by atoms with Crippen LogP contribution in [0.5, 0.6) is 0 Å². The molecule has 3 N–H and O–H groups in total. The van der Waals surface area contributed by atoms with Crippen molar-refractivity contribution in [2.24, 2.45) is 11.8 Å². The maximum atomic E-state index is 11.0. The molecule has 6 heteroatoms. The van der Waals surface area contributed by atoms with E-state index in [0.29, 0.717) is 6.54 Å². The zero-order valence-corrected chi connectivity index (χ0v) is 13.7. The summed E-state index contributed by atoms with van der Waals surface area (Å²) in [6.45, 7) is 9.42. The predicted octanol–water partition coefficient (Wildman–Crippen LogP) is 0.0711. The number of carbonyl (C=O) groups is 2. The molecule has 6 nitrogen and oxygen atoms in total. The Hall–Kier alpha value is -1.14. The highest BCUT2D eigenvalue weighted by Gasteiger charge is 2.04. The number of aliphatic hydroxyl groups excluding tert-OH is 1. The van der Waals surface area contributed by atoms with E-state index in [4.69, 9.17) is 5.11 Å². The molecule has 0 fully saturated rings. The first-order chi connectivity index (χ1) is 9.22. The summed E-state index contributed by atoms with van der Waals surface area (Å²) in [5.74, 6) is 0.226. The molecule has 0 saturated carbocycles. The Morgan fingerprint density at radius 2 is 1.35 bits per heavy atom. The van der Waals surface area contributed by atoms with Crippen molar-refractivity contribution in [2.75, 3.05) is 40.3 Å². The minimum absolute atomic E-state index is 0.0101. The van der Waals surface area contributed by atoms with Gasteiger partial charge in [0, 0.05) is 31.5 Å². The Labute approximate surface area is 122 Å². The normalized spacial score (nSPS) is 10.3. The summed E-state index contributed by atoms with van der Waals surface area (Å²) in [5.41, 5.74) is 0. The number of amides is 2. The van der Waals surface area contributed by atoms with E-state index in [9.17, 15) is 9.59 Å². The molecule has 0 unspecified atom stereocenters. The first-order valence-corrected chi connectivity index (χ1v) is 7.03. The van der Waals surface area contributed by atoms with Crippen molar-refractivity contribution in [3.05, 3.63) is 0 Å². The van der Waals surface area contributed by atoms with E-state index < -0.39 is 0 Å². The van der Waals surface area contributed by atoms with Crippen LogP contribution in [0.2, 0.25) is 0 Å². The van der Waals surface area contributed by atoms with Gasteiger partial charge in [0.05, 0.1) is 6.61 Å². The van der Waals surface area contributed by atoms with Crippen molar-refractivity contribution in [3.63, 3.8) is 0 Å². The maximum absolute atomic E-state index is 11.0. The smallest absolute Gasteiger partial charge is 0.222 e. The molecule has 0 saturated heterocycles. The third-order valence-corrected chi connectivity index (χ3v) is 2.32. The molecule has 0 aromatic carbocycles. The lowest BCUT2D eigenvalue weighted by atomic mass is 10.2. The molecule has 0 spiro atoms. The molecule has 0 aliphatic rings. The Morgan fingerprint density at radius 3 is 1.65 bits per heavy atom. The molecule has 0 aromatic heterocycles. The van der Waals surface area contributed by atoms with Gasteiger partial charge in [0.1, 0.15) is 0 Å². The molecule has 20 heavy (non-hydrogen) atoms. The van der Waals surface area contributed by atoms with Crippen molar-refractivity contribution < 1.29 is 14.7 Å². The molecule has 120 valence electrons.